The van der Waals surface area contributed by atoms with Crippen molar-refractivity contribution in [3.05, 3.63) is 24.0 Å². The van der Waals surface area contributed by atoms with Crippen molar-refractivity contribution < 1.29 is 19.6 Å². The van der Waals surface area contributed by atoms with Crippen molar-refractivity contribution in [3.63, 3.8) is 0 Å². The van der Waals surface area contributed by atoms with Crippen LogP contribution in [0.4, 0.5) is 0 Å². The largest absolute Gasteiger partial charge is 0.348 e. The number of aromatic nitrogens is 1. The van der Waals surface area contributed by atoms with Crippen LogP contribution in [0.1, 0.15) is 57.4 Å². The Hall–Kier alpha value is -2.15. The highest BCUT2D eigenvalue weighted by Crippen LogP contribution is 2.24. The van der Waals surface area contributed by atoms with Crippen LogP contribution < -0.4 is 5.32 Å². The van der Waals surface area contributed by atoms with Gasteiger partial charge in [-0.1, -0.05) is 40.5 Å². The number of carbonyl (C=O) groups excluding carboxylic acids is 3. The molecule has 2 N–H and O–H groups in total. The Balaban J connectivity index is 3.00. The molecule has 7 heteroatoms. The predicted molar refractivity (Wildman–Crippen MR) is 98.7 cm³/mol. The average Bonchev–Trinajstić information content (AvgIpc) is 3.00. The summed E-state index contributed by atoms with van der Waals surface area (Å²) in [4.78, 5) is 36.5. The Bertz CT molecular complexity index is 619. The van der Waals surface area contributed by atoms with E-state index in [1.165, 1.54) is 0 Å². The van der Waals surface area contributed by atoms with Crippen molar-refractivity contribution in [2.75, 3.05) is 6.54 Å². The fourth-order valence-electron chi connectivity index (χ4n) is 2.83. The number of Topliss-reactive ketones (excluding diaryl/α,β-unsaturated/α-hetero) is 1. The zero-order valence-electron chi connectivity index (χ0n) is 16.4. The Kier molecular flexibility index (Phi) is 8.02. The monoisotopic (exact) mass is 365 g/mol. The number of carbonyl (C=O) groups is 3. The van der Waals surface area contributed by atoms with Gasteiger partial charge in [-0.2, -0.15) is 0 Å². The van der Waals surface area contributed by atoms with Gasteiger partial charge in [0.05, 0.1) is 24.2 Å². The number of rotatable bonds is 10. The third kappa shape index (κ3) is 5.98. The maximum Gasteiger partial charge on any atom is 0.233 e. The molecule has 0 aliphatic rings. The number of hydrogen-bond acceptors (Lipinski definition) is 4. The Labute approximate surface area is 155 Å². The van der Waals surface area contributed by atoms with E-state index in [0.29, 0.717) is 17.2 Å². The molecule has 2 amide bonds. The summed E-state index contributed by atoms with van der Waals surface area (Å²) in [6.07, 6.45) is 4.27. The van der Waals surface area contributed by atoms with Gasteiger partial charge in [0, 0.05) is 13.2 Å². The van der Waals surface area contributed by atoms with Crippen molar-refractivity contribution in [3.8, 4) is 0 Å². The van der Waals surface area contributed by atoms with Crippen LogP contribution >= 0.6 is 0 Å². The van der Waals surface area contributed by atoms with Gasteiger partial charge in [0.2, 0.25) is 18.1 Å². The minimum absolute atomic E-state index is 0.0927. The first-order valence-corrected chi connectivity index (χ1v) is 8.98. The van der Waals surface area contributed by atoms with Crippen molar-refractivity contribution in [1.82, 2.24) is 14.9 Å². The lowest BCUT2D eigenvalue weighted by atomic mass is 9.82. The summed E-state index contributed by atoms with van der Waals surface area (Å²) in [5.41, 5.74) is 0.0302. The van der Waals surface area contributed by atoms with Gasteiger partial charge in [0.25, 0.3) is 0 Å². The fraction of sp³-hybridized carbons (Fsp3) is 0.632. The summed E-state index contributed by atoms with van der Waals surface area (Å²) in [6.45, 7) is 7.59. The molecule has 0 saturated carbocycles. The standard InChI is InChI=1S/C19H31N3O4/c1-6-7-9-14(12-22(26)13-23)18(25)20-17(19(2,3)4)16(24)15-10-8-11-21(15)5/h8,10-11,13-14,17,26H,6-7,9,12H2,1-5H3,(H,20,25). The van der Waals surface area contributed by atoms with Crippen LogP contribution in [0.3, 0.4) is 0 Å². The Morgan fingerprint density at radius 2 is 2.04 bits per heavy atom. The highest BCUT2D eigenvalue weighted by Gasteiger charge is 2.36. The summed E-state index contributed by atoms with van der Waals surface area (Å²) in [6, 6.07) is 2.80. The third-order valence-corrected chi connectivity index (χ3v) is 4.42. The van der Waals surface area contributed by atoms with E-state index in [0.717, 1.165) is 12.8 Å². The van der Waals surface area contributed by atoms with Crippen molar-refractivity contribution in [2.24, 2.45) is 18.4 Å². The Morgan fingerprint density at radius 3 is 2.50 bits per heavy atom. The van der Waals surface area contributed by atoms with E-state index in [1.54, 1.807) is 29.9 Å². The first-order chi connectivity index (χ1) is 12.1. The second kappa shape index (κ2) is 9.52. The van der Waals surface area contributed by atoms with Crippen LogP contribution in [0.25, 0.3) is 0 Å². The van der Waals surface area contributed by atoms with Crippen molar-refractivity contribution in [2.45, 2.75) is 53.0 Å². The highest BCUT2D eigenvalue weighted by molar-refractivity contribution is 6.01. The van der Waals surface area contributed by atoms with Gasteiger partial charge in [-0.25, -0.2) is 5.06 Å². The molecule has 146 valence electrons. The highest BCUT2D eigenvalue weighted by atomic mass is 16.5. The van der Waals surface area contributed by atoms with E-state index in [2.05, 4.69) is 5.32 Å². The lowest BCUT2D eigenvalue weighted by Crippen LogP contribution is -2.52. The van der Waals surface area contributed by atoms with Gasteiger partial charge in [-0.05, 0) is 24.0 Å². The quantitative estimate of drug-likeness (QED) is 0.288. The third-order valence-electron chi connectivity index (χ3n) is 4.42. The van der Waals surface area contributed by atoms with Gasteiger partial charge in [-0.15, -0.1) is 0 Å². The van der Waals surface area contributed by atoms with Crippen molar-refractivity contribution in [1.29, 1.82) is 0 Å². The molecular formula is C19H31N3O4. The predicted octanol–water partition coefficient (Wildman–Crippen LogP) is 2.39. The molecule has 1 heterocycles. The number of ketones is 1. The number of nitrogens with zero attached hydrogens (tertiary/aromatic N) is 2. The first kappa shape index (κ1) is 21.9. The number of hydroxylamine groups is 2. The molecule has 0 fully saturated rings. The van der Waals surface area contributed by atoms with Crippen LogP contribution in [0, 0.1) is 11.3 Å². The maximum atomic E-state index is 13.0. The molecular weight excluding hydrogens is 334 g/mol. The smallest absolute Gasteiger partial charge is 0.233 e. The average molecular weight is 365 g/mol. The zero-order valence-corrected chi connectivity index (χ0v) is 16.4. The van der Waals surface area contributed by atoms with Crippen LogP contribution in [-0.2, 0) is 16.6 Å². The molecule has 0 bridgehead atoms. The normalized spacial score (nSPS) is 13.8. The molecule has 1 aromatic rings. The van der Waals surface area contributed by atoms with Gasteiger partial charge < -0.3 is 9.88 Å². The minimum atomic E-state index is -0.712. The lowest BCUT2D eigenvalue weighted by molar-refractivity contribution is -0.154. The zero-order chi connectivity index (χ0) is 19.9. The topological polar surface area (TPSA) is 91.6 Å². The second-order valence-electron chi connectivity index (χ2n) is 7.74. The van der Waals surface area contributed by atoms with E-state index in [-0.39, 0.29) is 24.6 Å². The molecule has 26 heavy (non-hydrogen) atoms. The summed E-state index contributed by atoms with van der Waals surface area (Å²) >= 11 is 0. The first-order valence-electron chi connectivity index (χ1n) is 8.98. The van der Waals surface area contributed by atoms with Crippen molar-refractivity contribution >= 4 is 18.1 Å². The molecule has 2 unspecified atom stereocenters. The maximum absolute atomic E-state index is 13.0. The van der Waals surface area contributed by atoms with Crippen LogP contribution in [0.5, 0.6) is 0 Å². The molecule has 1 rings (SSSR count). The molecule has 7 nitrogen and oxygen atoms in total. The Morgan fingerprint density at radius 1 is 1.38 bits per heavy atom. The van der Waals surface area contributed by atoms with E-state index in [4.69, 9.17) is 0 Å². The molecule has 0 aromatic carbocycles. The van der Waals surface area contributed by atoms with Crippen LogP contribution in [0.15, 0.2) is 18.3 Å². The van der Waals surface area contributed by atoms with E-state index < -0.39 is 17.4 Å². The van der Waals surface area contributed by atoms with E-state index in [1.807, 2.05) is 27.7 Å². The molecule has 0 radical (unpaired) electrons. The summed E-state index contributed by atoms with van der Waals surface area (Å²) in [7, 11) is 1.78. The number of aryl methyl sites for hydroxylation is 1. The van der Waals surface area contributed by atoms with E-state index >= 15 is 0 Å². The number of amides is 2. The number of unbranched alkanes of at least 4 members (excludes halogenated alkanes) is 1. The van der Waals surface area contributed by atoms with Gasteiger partial charge >= 0.3 is 0 Å². The molecule has 0 aliphatic carbocycles. The molecule has 0 saturated heterocycles. The van der Waals surface area contributed by atoms with E-state index in [9.17, 15) is 19.6 Å². The number of nitrogens with one attached hydrogen (secondary N) is 1. The molecule has 0 aliphatic heterocycles. The molecule has 2 atom stereocenters. The summed E-state index contributed by atoms with van der Waals surface area (Å²) in [5.74, 6) is -1.07. The second-order valence-corrected chi connectivity index (χ2v) is 7.74. The van der Waals surface area contributed by atoms with Crippen LogP contribution in [0.2, 0.25) is 0 Å². The SMILES string of the molecule is CCCCC(CN(O)C=O)C(=O)NC(C(=O)c1cccn1C)C(C)(C)C. The van der Waals surface area contributed by atoms with Crippen LogP contribution in [-0.4, -0.2) is 45.5 Å². The minimum Gasteiger partial charge on any atom is -0.348 e. The van der Waals surface area contributed by atoms with Gasteiger partial charge in [-0.3, -0.25) is 19.6 Å². The van der Waals surface area contributed by atoms with Gasteiger partial charge in [0.1, 0.15) is 0 Å². The molecule has 0 spiro atoms. The lowest BCUT2D eigenvalue weighted by Gasteiger charge is -2.32. The summed E-state index contributed by atoms with van der Waals surface area (Å²) < 4.78 is 1.73. The summed E-state index contributed by atoms with van der Waals surface area (Å²) in [5, 5.41) is 12.8. The fourth-order valence-corrected chi connectivity index (χ4v) is 2.83. The molecule has 1 aromatic heterocycles. The van der Waals surface area contributed by atoms with Gasteiger partial charge in [0.15, 0.2) is 0 Å². The number of hydrogen-bond donors (Lipinski definition) is 2.